The Morgan fingerprint density at radius 1 is 1.30 bits per heavy atom. The fourth-order valence-electron chi connectivity index (χ4n) is 3.61. The number of urea groups is 1. The van der Waals surface area contributed by atoms with Crippen molar-refractivity contribution < 1.29 is 9.53 Å². The molecule has 0 unspecified atom stereocenters. The van der Waals surface area contributed by atoms with Crippen molar-refractivity contribution in [2.45, 2.75) is 25.3 Å². The molecular formula is C21H30N4O2. The third-order valence-electron chi connectivity index (χ3n) is 5.12. The van der Waals surface area contributed by atoms with E-state index in [4.69, 9.17) is 4.74 Å². The number of hydrazone groups is 1. The van der Waals surface area contributed by atoms with Gasteiger partial charge in [0.15, 0.2) is 0 Å². The minimum absolute atomic E-state index is 0.0228. The van der Waals surface area contributed by atoms with Crippen LogP contribution in [0.15, 0.2) is 66.0 Å². The van der Waals surface area contributed by atoms with Gasteiger partial charge in [0.2, 0.25) is 0 Å². The summed E-state index contributed by atoms with van der Waals surface area (Å²) < 4.78 is 5.52. The Bertz CT molecular complexity index is 684. The lowest BCUT2D eigenvalue weighted by Crippen LogP contribution is -2.50. The molecule has 0 aromatic carbocycles. The lowest BCUT2D eigenvalue weighted by atomic mass is 9.89. The molecule has 2 aliphatic heterocycles. The molecule has 0 atom stereocenters. The number of likely N-dealkylation sites (N-methyl/N-ethyl adjacent to an activating group) is 1. The van der Waals surface area contributed by atoms with Gasteiger partial charge in [-0.15, -0.1) is 0 Å². The molecule has 0 radical (unpaired) electrons. The maximum Gasteiger partial charge on any atom is 0.325 e. The molecule has 0 saturated carbocycles. The standard InChI is InChI=1S/C21H30N4O2/c1-6-18(17(4)15-23-22-5)9-10-19(7-2)24-16-21(11-13-27-14-12-21)25(8-3)20(24)26/h6-7,9-10,15,22H,1-2,4,8,11-14,16H2,3,5H3/b18-9+,19-10+,23-15-. The first-order chi connectivity index (χ1) is 13.0. The molecule has 2 fully saturated rings. The first kappa shape index (κ1) is 20.7. The summed E-state index contributed by atoms with van der Waals surface area (Å²) in [5.74, 6) is 0. The molecule has 0 aliphatic carbocycles. The van der Waals surface area contributed by atoms with Crippen molar-refractivity contribution in [1.29, 1.82) is 0 Å². The van der Waals surface area contributed by atoms with Gasteiger partial charge in [0.1, 0.15) is 0 Å². The number of amides is 2. The zero-order valence-electron chi connectivity index (χ0n) is 16.4. The van der Waals surface area contributed by atoms with Crippen LogP contribution in [0.4, 0.5) is 4.79 Å². The van der Waals surface area contributed by atoms with Crippen LogP contribution >= 0.6 is 0 Å². The second kappa shape index (κ2) is 9.37. The second-order valence-corrected chi connectivity index (χ2v) is 6.58. The highest BCUT2D eigenvalue weighted by atomic mass is 16.5. The van der Waals surface area contributed by atoms with Gasteiger partial charge < -0.3 is 15.1 Å². The molecule has 0 aromatic heterocycles. The quantitative estimate of drug-likeness (QED) is 0.405. The van der Waals surface area contributed by atoms with Crippen LogP contribution in [0, 0.1) is 0 Å². The number of ether oxygens (including phenoxy) is 1. The number of allylic oxidation sites excluding steroid dienone is 6. The molecule has 2 amide bonds. The van der Waals surface area contributed by atoms with Crippen molar-refractivity contribution in [1.82, 2.24) is 15.2 Å². The van der Waals surface area contributed by atoms with Crippen molar-refractivity contribution in [2.24, 2.45) is 5.10 Å². The summed E-state index contributed by atoms with van der Waals surface area (Å²) in [5, 5.41) is 3.97. The van der Waals surface area contributed by atoms with Gasteiger partial charge in [-0.2, -0.15) is 5.10 Å². The summed E-state index contributed by atoms with van der Waals surface area (Å²) >= 11 is 0. The maximum absolute atomic E-state index is 13.0. The van der Waals surface area contributed by atoms with Crippen LogP contribution in [0.5, 0.6) is 0 Å². The van der Waals surface area contributed by atoms with Crippen LogP contribution in [0.2, 0.25) is 0 Å². The number of rotatable bonds is 8. The van der Waals surface area contributed by atoms with Crippen molar-refractivity contribution in [3.8, 4) is 0 Å². The van der Waals surface area contributed by atoms with Gasteiger partial charge in [-0.25, -0.2) is 4.79 Å². The van der Waals surface area contributed by atoms with Crippen LogP contribution in [-0.2, 0) is 4.74 Å². The molecule has 27 heavy (non-hydrogen) atoms. The normalized spacial score (nSPS) is 20.4. The summed E-state index contributed by atoms with van der Waals surface area (Å²) in [6.45, 7) is 16.5. The molecule has 2 heterocycles. The summed E-state index contributed by atoms with van der Waals surface area (Å²) in [7, 11) is 1.72. The Labute approximate surface area is 162 Å². The van der Waals surface area contributed by atoms with E-state index in [9.17, 15) is 4.79 Å². The monoisotopic (exact) mass is 370 g/mol. The highest BCUT2D eigenvalue weighted by Crippen LogP contribution is 2.37. The summed E-state index contributed by atoms with van der Waals surface area (Å²) in [6, 6.07) is 0.0228. The average molecular weight is 370 g/mol. The lowest BCUT2D eigenvalue weighted by Gasteiger charge is -2.39. The first-order valence-electron chi connectivity index (χ1n) is 9.25. The zero-order chi connectivity index (χ0) is 19.9. The number of carbonyl (C=O) groups excluding carboxylic acids is 1. The average Bonchev–Trinajstić information content (AvgIpc) is 2.94. The van der Waals surface area contributed by atoms with Crippen LogP contribution in [-0.4, -0.2) is 60.9 Å². The van der Waals surface area contributed by atoms with Crippen molar-refractivity contribution >= 4 is 12.2 Å². The lowest BCUT2D eigenvalue weighted by molar-refractivity contribution is 0.00870. The highest BCUT2D eigenvalue weighted by Gasteiger charge is 2.49. The summed E-state index contributed by atoms with van der Waals surface area (Å²) in [6.07, 6.45) is 10.5. The number of hydrogen-bond acceptors (Lipinski definition) is 4. The Hall–Kier alpha value is -2.60. The third kappa shape index (κ3) is 4.39. The number of hydrogen-bond donors (Lipinski definition) is 1. The minimum atomic E-state index is -0.153. The highest BCUT2D eigenvalue weighted by molar-refractivity contribution is 5.85. The van der Waals surface area contributed by atoms with Crippen LogP contribution in [0.3, 0.4) is 0 Å². The van der Waals surface area contributed by atoms with E-state index in [-0.39, 0.29) is 11.6 Å². The topological polar surface area (TPSA) is 57.2 Å². The molecule has 2 aliphatic rings. The van der Waals surface area contributed by atoms with Gasteiger partial charge in [0.05, 0.1) is 18.3 Å². The molecule has 0 aromatic rings. The van der Waals surface area contributed by atoms with Crippen molar-refractivity contribution in [3.05, 3.63) is 60.9 Å². The number of carbonyl (C=O) groups is 1. The molecule has 6 nitrogen and oxygen atoms in total. The Morgan fingerprint density at radius 2 is 2.00 bits per heavy atom. The summed E-state index contributed by atoms with van der Waals surface area (Å²) in [5.41, 5.74) is 4.86. The smallest absolute Gasteiger partial charge is 0.325 e. The van der Waals surface area contributed by atoms with Gasteiger partial charge in [0.25, 0.3) is 0 Å². The van der Waals surface area contributed by atoms with E-state index in [2.05, 4.69) is 30.3 Å². The van der Waals surface area contributed by atoms with E-state index < -0.39 is 0 Å². The predicted molar refractivity (Wildman–Crippen MR) is 111 cm³/mol. The van der Waals surface area contributed by atoms with Crippen LogP contribution in [0.1, 0.15) is 19.8 Å². The molecule has 1 spiro atoms. The van der Waals surface area contributed by atoms with Crippen LogP contribution < -0.4 is 5.43 Å². The Kier molecular flexibility index (Phi) is 7.19. The van der Waals surface area contributed by atoms with Gasteiger partial charge >= 0.3 is 6.03 Å². The molecule has 6 heteroatoms. The van der Waals surface area contributed by atoms with Gasteiger partial charge in [-0.1, -0.05) is 31.9 Å². The molecule has 2 rings (SSSR count). The molecular weight excluding hydrogens is 340 g/mol. The fraction of sp³-hybridized carbons (Fsp3) is 0.429. The number of nitrogens with zero attached hydrogens (tertiary/aromatic N) is 3. The largest absolute Gasteiger partial charge is 0.381 e. The Morgan fingerprint density at radius 3 is 2.56 bits per heavy atom. The molecule has 0 bridgehead atoms. The SMILES string of the molecule is C=C/C(=C\C=C(/C=C)N1CC2(CCOCC2)N(CC)C1=O)C(=C)/C=N\NC. The van der Waals surface area contributed by atoms with Gasteiger partial charge in [-0.05, 0) is 43.1 Å². The van der Waals surface area contributed by atoms with Gasteiger partial charge in [0, 0.05) is 32.5 Å². The first-order valence-corrected chi connectivity index (χ1v) is 9.25. The molecule has 1 N–H and O–H groups in total. The van der Waals surface area contributed by atoms with E-state index in [0.29, 0.717) is 26.3 Å². The maximum atomic E-state index is 13.0. The second-order valence-electron chi connectivity index (χ2n) is 6.58. The Balaban J connectivity index is 2.29. The fourth-order valence-corrected chi connectivity index (χ4v) is 3.61. The van der Waals surface area contributed by atoms with E-state index in [0.717, 1.165) is 29.7 Å². The van der Waals surface area contributed by atoms with E-state index in [1.807, 2.05) is 28.9 Å². The van der Waals surface area contributed by atoms with E-state index in [1.165, 1.54) is 0 Å². The van der Waals surface area contributed by atoms with Crippen molar-refractivity contribution in [3.63, 3.8) is 0 Å². The summed E-state index contributed by atoms with van der Waals surface area (Å²) in [4.78, 5) is 16.8. The number of nitrogens with one attached hydrogen (secondary N) is 1. The minimum Gasteiger partial charge on any atom is -0.381 e. The predicted octanol–water partition coefficient (Wildman–Crippen LogP) is 3.24. The molecule has 2 saturated heterocycles. The van der Waals surface area contributed by atoms with E-state index in [1.54, 1.807) is 25.4 Å². The van der Waals surface area contributed by atoms with E-state index >= 15 is 0 Å². The third-order valence-corrected chi connectivity index (χ3v) is 5.12. The van der Waals surface area contributed by atoms with Crippen molar-refractivity contribution in [2.75, 3.05) is 33.4 Å². The van der Waals surface area contributed by atoms with Gasteiger partial charge in [-0.3, -0.25) is 4.90 Å². The zero-order valence-corrected chi connectivity index (χ0v) is 16.4. The molecule has 146 valence electrons. The van der Waals surface area contributed by atoms with Crippen LogP contribution in [0.25, 0.3) is 0 Å².